The first kappa shape index (κ1) is 26.2. The molecule has 2 aliphatic rings. The number of aromatic nitrogens is 1. The highest BCUT2D eigenvalue weighted by Crippen LogP contribution is 2.49. The second kappa shape index (κ2) is 10.4. The molecular weight excluding hydrogens is 542 g/mol. The fourth-order valence-electron chi connectivity index (χ4n) is 7.29. The number of amides is 2. The lowest BCUT2D eigenvalue weighted by molar-refractivity contribution is 0.0712. The van der Waals surface area contributed by atoms with Gasteiger partial charge in [0.25, 0.3) is 11.8 Å². The highest BCUT2D eigenvalue weighted by molar-refractivity contribution is 6.02. The summed E-state index contributed by atoms with van der Waals surface area (Å²) in [5.74, 6) is 0.0482. The van der Waals surface area contributed by atoms with Gasteiger partial charge in [0.1, 0.15) is 0 Å². The number of benzene rings is 5. The number of carbonyl (C=O) groups is 2. The Morgan fingerprint density at radius 3 is 1.57 bits per heavy atom. The van der Waals surface area contributed by atoms with Gasteiger partial charge >= 0.3 is 0 Å². The molecule has 0 radical (unpaired) electrons. The van der Waals surface area contributed by atoms with E-state index in [4.69, 9.17) is 0 Å². The van der Waals surface area contributed by atoms with E-state index in [1.54, 1.807) is 0 Å². The highest BCUT2D eigenvalue weighted by atomic mass is 16.2. The van der Waals surface area contributed by atoms with Gasteiger partial charge in [-0.25, -0.2) is 0 Å². The van der Waals surface area contributed by atoms with Crippen LogP contribution in [0.25, 0.3) is 10.9 Å². The van der Waals surface area contributed by atoms with Gasteiger partial charge in [0, 0.05) is 47.7 Å². The number of aryl methyl sites for hydroxylation is 1. The van der Waals surface area contributed by atoms with Crippen molar-refractivity contribution in [1.82, 2.24) is 14.4 Å². The summed E-state index contributed by atoms with van der Waals surface area (Å²) >= 11 is 0. The van der Waals surface area contributed by atoms with Crippen LogP contribution in [0.1, 0.15) is 66.3 Å². The van der Waals surface area contributed by atoms with Crippen molar-refractivity contribution in [3.05, 3.63) is 178 Å². The van der Waals surface area contributed by atoms with E-state index < -0.39 is 0 Å². The van der Waals surface area contributed by atoms with Crippen molar-refractivity contribution in [2.24, 2.45) is 7.05 Å². The van der Waals surface area contributed by atoms with E-state index in [0.717, 1.165) is 55.5 Å². The maximum absolute atomic E-state index is 14.2. The minimum absolute atomic E-state index is 0.0229. The van der Waals surface area contributed by atoms with Crippen LogP contribution in [0.2, 0.25) is 0 Å². The van der Waals surface area contributed by atoms with Gasteiger partial charge in [-0.15, -0.1) is 0 Å². The molecule has 6 aromatic rings. The van der Waals surface area contributed by atoms with Crippen LogP contribution in [0.5, 0.6) is 0 Å². The Labute approximate surface area is 256 Å². The zero-order valence-electron chi connectivity index (χ0n) is 24.4. The number of carbonyl (C=O) groups excluding carboxylic acids is 2. The predicted octanol–water partition coefficient (Wildman–Crippen LogP) is 7.67. The van der Waals surface area contributed by atoms with Crippen molar-refractivity contribution in [2.45, 2.75) is 25.2 Å². The van der Waals surface area contributed by atoms with E-state index in [-0.39, 0.29) is 23.9 Å². The van der Waals surface area contributed by atoms with Gasteiger partial charge in [-0.2, -0.15) is 0 Å². The van der Waals surface area contributed by atoms with E-state index in [1.165, 1.54) is 0 Å². The average Bonchev–Trinajstić information content (AvgIpc) is 3.62. The highest BCUT2D eigenvalue weighted by Gasteiger charge is 2.45. The smallest absolute Gasteiger partial charge is 0.255 e. The number of hydrogen-bond donors (Lipinski definition) is 0. The molecule has 5 nitrogen and oxygen atoms in total. The summed E-state index contributed by atoms with van der Waals surface area (Å²) in [7, 11) is 2.09. The van der Waals surface area contributed by atoms with Gasteiger partial charge in [0.2, 0.25) is 0 Å². The van der Waals surface area contributed by atoms with Gasteiger partial charge in [-0.05, 0) is 40.5 Å². The van der Waals surface area contributed by atoms with E-state index in [0.29, 0.717) is 13.1 Å². The van der Waals surface area contributed by atoms with Crippen LogP contribution < -0.4 is 0 Å². The van der Waals surface area contributed by atoms with E-state index in [1.807, 2.05) is 82.6 Å². The number of para-hydroxylation sites is 1. The van der Waals surface area contributed by atoms with Gasteiger partial charge < -0.3 is 14.4 Å². The van der Waals surface area contributed by atoms with Crippen LogP contribution >= 0.6 is 0 Å². The monoisotopic (exact) mass is 573 g/mol. The lowest BCUT2D eigenvalue weighted by Crippen LogP contribution is -2.32. The molecular formula is C39H31N3O2. The van der Waals surface area contributed by atoms with Crippen LogP contribution in [0.15, 0.2) is 133 Å². The molecule has 0 aliphatic carbocycles. The van der Waals surface area contributed by atoms with Crippen LogP contribution in [0.4, 0.5) is 0 Å². The summed E-state index contributed by atoms with van der Waals surface area (Å²) in [6.07, 6.45) is 0. The largest absolute Gasteiger partial charge is 0.345 e. The topological polar surface area (TPSA) is 45.6 Å². The van der Waals surface area contributed by atoms with Gasteiger partial charge in [-0.3, -0.25) is 9.59 Å². The molecule has 2 aliphatic heterocycles. The Morgan fingerprint density at radius 1 is 0.523 bits per heavy atom. The minimum atomic E-state index is -0.326. The van der Waals surface area contributed by atoms with Crippen molar-refractivity contribution in [3.8, 4) is 0 Å². The molecule has 0 N–H and O–H groups in total. The predicted molar refractivity (Wildman–Crippen MR) is 172 cm³/mol. The van der Waals surface area contributed by atoms with Crippen LogP contribution in [0.3, 0.4) is 0 Å². The molecule has 0 saturated carbocycles. The molecule has 3 heterocycles. The first-order valence-electron chi connectivity index (χ1n) is 15.1. The zero-order valence-corrected chi connectivity index (χ0v) is 24.4. The number of hydrogen-bond acceptors (Lipinski definition) is 2. The lowest BCUT2D eigenvalue weighted by Gasteiger charge is -2.31. The molecule has 0 spiro atoms. The molecule has 8 rings (SSSR count). The van der Waals surface area contributed by atoms with E-state index >= 15 is 0 Å². The summed E-state index contributed by atoms with van der Waals surface area (Å²) in [6, 6.07) is 44.1. The molecule has 44 heavy (non-hydrogen) atoms. The first-order chi connectivity index (χ1) is 21.6. The third-order valence-corrected chi connectivity index (χ3v) is 9.23. The molecule has 0 saturated heterocycles. The van der Waals surface area contributed by atoms with Crippen molar-refractivity contribution in [2.75, 3.05) is 0 Å². The van der Waals surface area contributed by atoms with Gasteiger partial charge in [-0.1, -0.05) is 115 Å². The second-order valence-electron chi connectivity index (χ2n) is 11.7. The molecule has 2 amide bonds. The van der Waals surface area contributed by atoms with Crippen molar-refractivity contribution < 1.29 is 9.59 Å². The molecule has 5 heteroatoms. The Kier molecular flexibility index (Phi) is 6.19. The van der Waals surface area contributed by atoms with Gasteiger partial charge in [0.15, 0.2) is 0 Å². The first-order valence-corrected chi connectivity index (χ1v) is 15.1. The number of rotatable bonds is 6. The summed E-state index contributed by atoms with van der Waals surface area (Å²) in [5.41, 5.74) is 8.79. The fraction of sp³-hybridized carbons (Fsp3) is 0.128. The van der Waals surface area contributed by atoms with Crippen molar-refractivity contribution >= 4 is 22.7 Å². The standard InChI is InChI=1S/C39H31N3O2/c1-40-33-23-13-12-22-32(33)34(35-28-18-8-10-20-30(28)38(43)41(35)24-26-14-4-2-5-15-26)37(40)36-29-19-9-11-21-31(29)39(44)42(36)25-27-16-6-3-7-17-27/h2-23,35-36H,24-25H2,1H3. The van der Waals surface area contributed by atoms with E-state index in [2.05, 4.69) is 72.3 Å². The third-order valence-electron chi connectivity index (χ3n) is 9.23. The van der Waals surface area contributed by atoms with Crippen molar-refractivity contribution in [3.63, 3.8) is 0 Å². The van der Waals surface area contributed by atoms with E-state index in [9.17, 15) is 9.59 Å². The van der Waals surface area contributed by atoms with Crippen molar-refractivity contribution in [1.29, 1.82) is 0 Å². The molecule has 2 atom stereocenters. The second-order valence-corrected chi connectivity index (χ2v) is 11.7. The molecule has 1 aromatic heterocycles. The number of fused-ring (bicyclic) bond motifs is 3. The summed E-state index contributed by atoms with van der Waals surface area (Å²) < 4.78 is 2.24. The Bertz CT molecular complexity index is 2050. The lowest BCUT2D eigenvalue weighted by atomic mass is 9.91. The molecule has 214 valence electrons. The maximum atomic E-state index is 14.2. The number of nitrogens with zero attached hydrogens (tertiary/aromatic N) is 3. The van der Waals surface area contributed by atoms with Gasteiger partial charge in [0.05, 0.1) is 17.8 Å². The normalized spacial score (nSPS) is 17.4. The fourth-order valence-corrected chi connectivity index (χ4v) is 7.29. The molecule has 2 unspecified atom stereocenters. The van der Waals surface area contributed by atoms with Crippen LogP contribution in [-0.2, 0) is 20.1 Å². The van der Waals surface area contributed by atoms with Crippen LogP contribution in [-0.4, -0.2) is 26.2 Å². The minimum Gasteiger partial charge on any atom is -0.345 e. The average molecular weight is 574 g/mol. The summed E-state index contributed by atoms with van der Waals surface area (Å²) in [6.45, 7) is 0.962. The molecule has 5 aromatic carbocycles. The quantitative estimate of drug-likeness (QED) is 0.205. The molecule has 0 fully saturated rings. The SMILES string of the molecule is Cn1c(C2c3ccccc3C(=O)N2Cc2ccccc2)c(C2c3ccccc3C(=O)N2Cc2ccccc2)c2ccccc21. The summed E-state index contributed by atoms with van der Waals surface area (Å²) in [5, 5.41) is 1.09. The van der Waals surface area contributed by atoms with Crippen LogP contribution in [0, 0.1) is 0 Å². The molecule has 0 bridgehead atoms. The summed E-state index contributed by atoms with van der Waals surface area (Å²) in [4.78, 5) is 32.3. The Hall–Kier alpha value is -5.42. The zero-order chi connectivity index (χ0) is 29.8. The third kappa shape index (κ3) is 4.00. The Morgan fingerprint density at radius 2 is 0.977 bits per heavy atom. The Balaban J connectivity index is 1.39. The maximum Gasteiger partial charge on any atom is 0.255 e.